The molecule has 0 aromatic carbocycles. The Morgan fingerprint density at radius 3 is 2.65 bits per heavy atom. The van der Waals surface area contributed by atoms with Gasteiger partial charge in [-0.1, -0.05) is 19.3 Å². The van der Waals surface area contributed by atoms with Gasteiger partial charge in [0.2, 0.25) is 0 Å². The number of hydrogen-bond acceptors (Lipinski definition) is 5. The predicted molar refractivity (Wildman–Crippen MR) is 83.3 cm³/mol. The Bertz CT molecular complexity index is 538. The zero-order chi connectivity index (χ0) is 14.7. The summed E-state index contributed by atoms with van der Waals surface area (Å²) in [5, 5.41) is 10.1. The summed E-state index contributed by atoms with van der Waals surface area (Å²) in [7, 11) is 1.99. The van der Waals surface area contributed by atoms with Gasteiger partial charge in [-0.25, -0.2) is 0 Å². The highest BCUT2D eigenvalue weighted by Crippen LogP contribution is 2.38. The van der Waals surface area contributed by atoms with Crippen molar-refractivity contribution in [3.8, 4) is 6.07 Å². The number of nitrogen functional groups attached to an aromatic ring is 1. The minimum atomic E-state index is -0.0682. The average molecular weight is 291 g/mol. The normalized spacial score (nSPS) is 15.8. The van der Waals surface area contributed by atoms with Crippen LogP contribution in [0.25, 0.3) is 0 Å². The molecule has 1 aromatic rings. The first-order valence-corrected chi connectivity index (χ1v) is 7.90. The maximum absolute atomic E-state index is 11.6. The smallest absolute Gasteiger partial charge is 0.171 e. The number of nitriles is 1. The summed E-state index contributed by atoms with van der Waals surface area (Å²) in [6.45, 7) is 2.43. The number of ketones is 1. The standard InChI is InChI=1S/C15H21N3OS/c1-10(19)14-13(17)12(8-16)15(20-14)18(2)9-11-6-4-3-5-7-11/h11H,3-7,9,17H2,1-2H3. The third kappa shape index (κ3) is 2.96. The van der Waals surface area contributed by atoms with E-state index in [1.54, 1.807) is 0 Å². The molecule has 0 atom stereocenters. The first-order valence-electron chi connectivity index (χ1n) is 7.09. The molecule has 1 aliphatic carbocycles. The Hall–Kier alpha value is -1.54. The molecule has 1 saturated carbocycles. The second-order valence-corrected chi connectivity index (χ2v) is 6.58. The number of carbonyl (C=O) groups is 1. The first kappa shape index (κ1) is 14.9. The predicted octanol–water partition coefficient (Wildman–Crippen LogP) is 3.42. The summed E-state index contributed by atoms with van der Waals surface area (Å²) >= 11 is 1.34. The molecule has 20 heavy (non-hydrogen) atoms. The number of Topliss-reactive ketones (excluding diaryl/α,β-unsaturated/α-hetero) is 1. The van der Waals surface area contributed by atoms with Crippen molar-refractivity contribution in [2.75, 3.05) is 24.2 Å². The molecule has 0 unspecified atom stereocenters. The monoisotopic (exact) mass is 291 g/mol. The maximum Gasteiger partial charge on any atom is 0.171 e. The van der Waals surface area contributed by atoms with Crippen LogP contribution < -0.4 is 10.6 Å². The Labute approximate surface area is 124 Å². The van der Waals surface area contributed by atoms with Gasteiger partial charge in [-0.2, -0.15) is 5.26 Å². The Balaban J connectivity index is 2.20. The third-order valence-corrected chi connectivity index (χ3v) is 5.38. The number of nitrogens with two attached hydrogens (primary N) is 1. The summed E-state index contributed by atoms with van der Waals surface area (Å²) in [6, 6.07) is 2.15. The molecule has 0 spiro atoms. The van der Waals surface area contributed by atoms with Crippen LogP contribution in [0.1, 0.15) is 54.3 Å². The van der Waals surface area contributed by atoms with E-state index in [2.05, 4.69) is 11.0 Å². The number of carbonyl (C=O) groups excluding carboxylic acids is 1. The van der Waals surface area contributed by atoms with Crippen molar-refractivity contribution >= 4 is 27.8 Å². The van der Waals surface area contributed by atoms with E-state index in [1.165, 1.54) is 50.4 Å². The van der Waals surface area contributed by atoms with Gasteiger partial charge in [0.15, 0.2) is 5.78 Å². The second-order valence-electron chi connectivity index (χ2n) is 5.58. The van der Waals surface area contributed by atoms with Crippen molar-refractivity contribution in [2.24, 2.45) is 5.92 Å². The van der Waals surface area contributed by atoms with E-state index < -0.39 is 0 Å². The molecule has 108 valence electrons. The van der Waals surface area contributed by atoms with Crippen LogP contribution in [0.15, 0.2) is 0 Å². The SMILES string of the molecule is CC(=O)c1sc(N(C)CC2CCCCC2)c(C#N)c1N. The van der Waals surface area contributed by atoms with E-state index in [1.807, 2.05) is 7.05 Å². The molecule has 1 aromatic heterocycles. The van der Waals surface area contributed by atoms with Crippen molar-refractivity contribution in [3.63, 3.8) is 0 Å². The molecule has 1 aliphatic rings. The van der Waals surface area contributed by atoms with Gasteiger partial charge in [-0.15, -0.1) is 11.3 Å². The molecule has 5 heteroatoms. The Morgan fingerprint density at radius 1 is 1.45 bits per heavy atom. The molecular formula is C15H21N3OS. The molecule has 0 bridgehead atoms. The lowest BCUT2D eigenvalue weighted by molar-refractivity contribution is 0.102. The van der Waals surface area contributed by atoms with Crippen LogP contribution in [0.3, 0.4) is 0 Å². The summed E-state index contributed by atoms with van der Waals surface area (Å²) in [4.78, 5) is 14.2. The Morgan fingerprint density at radius 2 is 2.10 bits per heavy atom. The van der Waals surface area contributed by atoms with Crippen molar-refractivity contribution in [1.82, 2.24) is 0 Å². The molecule has 0 aliphatic heterocycles. The molecule has 0 saturated heterocycles. The highest BCUT2D eigenvalue weighted by atomic mass is 32.1. The number of thiophene rings is 1. The van der Waals surface area contributed by atoms with Gasteiger partial charge in [0.25, 0.3) is 0 Å². The fraction of sp³-hybridized carbons (Fsp3) is 0.600. The van der Waals surface area contributed by atoms with Gasteiger partial charge < -0.3 is 10.6 Å². The Kier molecular flexibility index (Phi) is 4.66. The minimum absolute atomic E-state index is 0.0682. The largest absolute Gasteiger partial charge is 0.396 e. The molecular weight excluding hydrogens is 270 g/mol. The van der Waals surface area contributed by atoms with E-state index in [0.717, 1.165) is 11.5 Å². The zero-order valence-corrected chi connectivity index (χ0v) is 12.9. The summed E-state index contributed by atoms with van der Waals surface area (Å²) in [5.74, 6) is 0.616. The lowest BCUT2D eigenvalue weighted by Crippen LogP contribution is -2.26. The quantitative estimate of drug-likeness (QED) is 0.863. The first-order chi connectivity index (χ1) is 9.54. The third-order valence-electron chi connectivity index (χ3n) is 3.96. The van der Waals surface area contributed by atoms with Gasteiger partial charge in [-0.3, -0.25) is 4.79 Å². The van der Waals surface area contributed by atoms with Gasteiger partial charge in [0.05, 0.1) is 10.6 Å². The zero-order valence-electron chi connectivity index (χ0n) is 12.1. The van der Waals surface area contributed by atoms with Crippen LogP contribution in [0, 0.1) is 17.2 Å². The summed E-state index contributed by atoms with van der Waals surface area (Å²) in [6.07, 6.45) is 6.45. The second kappa shape index (κ2) is 6.27. The number of hydrogen-bond donors (Lipinski definition) is 1. The molecule has 1 fully saturated rings. The van der Waals surface area contributed by atoms with E-state index >= 15 is 0 Å². The minimum Gasteiger partial charge on any atom is -0.396 e. The van der Waals surface area contributed by atoms with E-state index in [9.17, 15) is 10.1 Å². The molecule has 2 N–H and O–H groups in total. The fourth-order valence-corrected chi connectivity index (χ4v) is 3.95. The van der Waals surface area contributed by atoms with E-state index in [0.29, 0.717) is 22.0 Å². The summed E-state index contributed by atoms with van der Waals surface area (Å²) in [5.41, 5.74) is 6.73. The van der Waals surface area contributed by atoms with Crippen LogP contribution in [-0.4, -0.2) is 19.4 Å². The lowest BCUT2D eigenvalue weighted by Gasteiger charge is -2.27. The van der Waals surface area contributed by atoms with Crippen molar-refractivity contribution in [1.29, 1.82) is 5.26 Å². The molecule has 4 nitrogen and oxygen atoms in total. The van der Waals surface area contributed by atoms with Crippen molar-refractivity contribution in [2.45, 2.75) is 39.0 Å². The van der Waals surface area contributed by atoms with Crippen LogP contribution in [-0.2, 0) is 0 Å². The van der Waals surface area contributed by atoms with Gasteiger partial charge in [-0.05, 0) is 18.8 Å². The maximum atomic E-state index is 11.6. The van der Waals surface area contributed by atoms with Gasteiger partial charge >= 0.3 is 0 Å². The number of rotatable bonds is 4. The highest BCUT2D eigenvalue weighted by molar-refractivity contribution is 7.19. The topological polar surface area (TPSA) is 70.1 Å². The lowest BCUT2D eigenvalue weighted by atomic mass is 9.89. The van der Waals surface area contributed by atoms with E-state index in [-0.39, 0.29) is 5.78 Å². The van der Waals surface area contributed by atoms with Gasteiger partial charge in [0.1, 0.15) is 16.6 Å². The number of anilines is 2. The van der Waals surface area contributed by atoms with Crippen LogP contribution in [0.2, 0.25) is 0 Å². The molecule has 0 radical (unpaired) electrons. The van der Waals surface area contributed by atoms with E-state index in [4.69, 9.17) is 5.73 Å². The molecule has 1 heterocycles. The molecule has 0 amide bonds. The van der Waals surface area contributed by atoms with Crippen LogP contribution in [0.5, 0.6) is 0 Å². The highest BCUT2D eigenvalue weighted by Gasteiger charge is 2.23. The van der Waals surface area contributed by atoms with Crippen molar-refractivity contribution in [3.05, 3.63) is 10.4 Å². The fourth-order valence-electron chi connectivity index (χ4n) is 2.91. The van der Waals surface area contributed by atoms with Crippen LogP contribution >= 0.6 is 11.3 Å². The summed E-state index contributed by atoms with van der Waals surface area (Å²) < 4.78 is 0. The van der Waals surface area contributed by atoms with Crippen LogP contribution in [0.4, 0.5) is 10.7 Å². The average Bonchev–Trinajstić information content (AvgIpc) is 2.77. The van der Waals surface area contributed by atoms with Crippen molar-refractivity contribution < 1.29 is 4.79 Å². The number of nitrogens with zero attached hydrogens (tertiary/aromatic N) is 2. The van der Waals surface area contributed by atoms with Gasteiger partial charge in [0, 0.05) is 20.5 Å². The molecule has 2 rings (SSSR count).